The van der Waals surface area contributed by atoms with Gasteiger partial charge in [-0.3, -0.25) is 10.1 Å². The minimum Gasteiger partial charge on any atom is -0.478 e. The number of carbonyl (C=O) groups excluding carboxylic acids is 1. The molecule has 0 saturated heterocycles. The third-order valence-electron chi connectivity index (χ3n) is 3.29. The van der Waals surface area contributed by atoms with E-state index in [1.807, 2.05) is 5.38 Å². The lowest BCUT2D eigenvalue weighted by molar-refractivity contribution is 0.0695. The number of amides is 1. The van der Waals surface area contributed by atoms with Crippen LogP contribution in [0.4, 0.5) is 5.13 Å². The molecule has 1 aliphatic carbocycles. The predicted octanol–water partition coefficient (Wildman–Crippen LogP) is 2.67. The van der Waals surface area contributed by atoms with E-state index < -0.39 is 5.97 Å². The number of carboxylic acids is 1. The second kappa shape index (κ2) is 5.25. The molecule has 0 aromatic carbocycles. The van der Waals surface area contributed by atoms with Crippen molar-refractivity contribution in [3.63, 3.8) is 0 Å². The summed E-state index contributed by atoms with van der Waals surface area (Å²) in [6.45, 7) is 1.56. The summed E-state index contributed by atoms with van der Waals surface area (Å²) in [5.74, 6) is -0.894. The molecule has 2 N–H and O–H groups in total. The number of rotatable bonds is 4. The highest BCUT2D eigenvalue weighted by molar-refractivity contribution is 7.14. The molecule has 2 heterocycles. The highest BCUT2D eigenvalue weighted by atomic mass is 32.1. The molecule has 2 aromatic heterocycles. The van der Waals surface area contributed by atoms with Gasteiger partial charge in [-0.2, -0.15) is 0 Å². The Morgan fingerprint density at radius 3 is 2.71 bits per heavy atom. The summed E-state index contributed by atoms with van der Waals surface area (Å²) in [5, 5.41) is 14.1. The largest absolute Gasteiger partial charge is 0.478 e. The van der Waals surface area contributed by atoms with Crippen LogP contribution in [-0.2, 0) is 0 Å². The molecule has 0 aliphatic heterocycles. The van der Waals surface area contributed by atoms with Gasteiger partial charge in [-0.25, -0.2) is 14.8 Å². The van der Waals surface area contributed by atoms with Crippen LogP contribution >= 0.6 is 11.3 Å². The lowest BCUT2D eigenvalue weighted by Gasteiger charge is -2.04. The van der Waals surface area contributed by atoms with E-state index in [1.165, 1.54) is 23.5 Å². The van der Waals surface area contributed by atoms with Crippen LogP contribution in [0, 0.1) is 6.92 Å². The maximum Gasteiger partial charge on any atom is 0.337 e. The van der Waals surface area contributed by atoms with Gasteiger partial charge in [-0.1, -0.05) is 0 Å². The average molecular weight is 303 g/mol. The van der Waals surface area contributed by atoms with E-state index in [-0.39, 0.29) is 17.2 Å². The predicted molar refractivity (Wildman–Crippen MR) is 78.0 cm³/mol. The zero-order chi connectivity index (χ0) is 15.0. The Kier molecular flexibility index (Phi) is 3.42. The number of thiazole rings is 1. The SMILES string of the molecule is Cc1nc(C(=O)Nc2nc(C3CC3)cs2)ccc1C(=O)O. The standard InChI is InChI=1S/C14H13N3O3S/c1-7-9(13(19)20)4-5-10(15-7)12(18)17-14-16-11(6-21-14)8-2-3-8/h4-6,8H,2-3H2,1H3,(H,19,20)(H,16,17,18). The zero-order valence-corrected chi connectivity index (χ0v) is 12.1. The van der Waals surface area contributed by atoms with Crippen molar-refractivity contribution in [2.75, 3.05) is 5.32 Å². The number of aromatic nitrogens is 2. The van der Waals surface area contributed by atoms with Gasteiger partial charge in [0.25, 0.3) is 5.91 Å². The molecular formula is C14H13N3O3S. The van der Waals surface area contributed by atoms with Gasteiger partial charge in [0.05, 0.1) is 17.0 Å². The van der Waals surface area contributed by atoms with Crippen molar-refractivity contribution >= 4 is 28.3 Å². The van der Waals surface area contributed by atoms with Crippen molar-refractivity contribution in [2.45, 2.75) is 25.7 Å². The third-order valence-corrected chi connectivity index (χ3v) is 4.06. The van der Waals surface area contributed by atoms with E-state index >= 15 is 0 Å². The molecule has 6 nitrogen and oxygen atoms in total. The van der Waals surface area contributed by atoms with Gasteiger partial charge in [0, 0.05) is 11.3 Å². The van der Waals surface area contributed by atoms with Crippen molar-refractivity contribution in [1.82, 2.24) is 9.97 Å². The first kappa shape index (κ1) is 13.7. The fourth-order valence-electron chi connectivity index (χ4n) is 1.98. The highest BCUT2D eigenvalue weighted by Crippen LogP contribution is 2.40. The molecule has 21 heavy (non-hydrogen) atoms. The number of carbonyl (C=O) groups is 2. The fourth-order valence-corrected chi connectivity index (χ4v) is 2.77. The van der Waals surface area contributed by atoms with Gasteiger partial charge in [0.15, 0.2) is 5.13 Å². The van der Waals surface area contributed by atoms with Gasteiger partial charge in [0.2, 0.25) is 0 Å². The number of pyridine rings is 1. The van der Waals surface area contributed by atoms with Crippen LogP contribution in [0.3, 0.4) is 0 Å². The van der Waals surface area contributed by atoms with E-state index in [2.05, 4.69) is 15.3 Å². The number of anilines is 1. The van der Waals surface area contributed by atoms with Crippen LogP contribution in [0.2, 0.25) is 0 Å². The van der Waals surface area contributed by atoms with E-state index in [1.54, 1.807) is 6.92 Å². The average Bonchev–Trinajstić information content (AvgIpc) is 3.19. The smallest absolute Gasteiger partial charge is 0.337 e. The number of nitrogens with zero attached hydrogens (tertiary/aromatic N) is 2. The van der Waals surface area contributed by atoms with Gasteiger partial charge in [-0.15, -0.1) is 11.3 Å². The summed E-state index contributed by atoms with van der Waals surface area (Å²) in [7, 11) is 0. The van der Waals surface area contributed by atoms with Gasteiger partial charge < -0.3 is 5.11 Å². The Labute approximate surface area is 124 Å². The molecule has 0 unspecified atom stereocenters. The molecule has 1 fully saturated rings. The Hall–Kier alpha value is -2.28. The molecule has 0 spiro atoms. The quantitative estimate of drug-likeness (QED) is 0.906. The normalized spacial score (nSPS) is 14.0. The number of aryl methyl sites for hydroxylation is 1. The first-order chi connectivity index (χ1) is 10.0. The van der Waals surface area contributed by atoms with Crippen LogP contribution in [-0.4, -0.2) is 27.0 Å². The Morgan fingerprint density at radius 2 is 2.10 bits per heavy atom. The minimum absolute atomic E-state index is 0.0943. The van der Waals surface area contributed by atoms with Crippen LogP contribution in [0.5, 0.6) is 0 Å². The van der Waals surface area contributed by atoms with Crippen molar-refractivity contribution < 1.29 is 14.7 Å². The van der Waals surface area contributed by atoms with Crippen molar-refractivity contribution in [3.8, 4) is 0 Å². The van der Waals surface area contributed by atoms with Gasteiger partial charge in [-0.05, 0) is 31.9 Å². The summed E-state index contributed by atoms with van der Waals surface area (Å²) in [6, 6.07) is 2.79. The van der Waals surface area contributed by atoms with Gasteiger partial charge in [0.1, 0.15) is 5.69 Å². The van der Waals surface area contributed by atoms with Gasteiger partial charge >= 0.3 is 5.97 Å². The second-order valence-electron chi connectivity index (χ2n) is 4.94. The molecule has 1 saturated carbocycles. The highest BCUT2D eigenvalue weighted by Gasteiger charge is 2.26. The van der Waals surface area contributed by atoms with E-state index in [0.717, 1.165) is 18.5 Å². The summed E-state index contributed by atoms with van der Waals surface area (Å²) < 4.78 is 0. The number of aromatic carboxylic acids is 1. The molecule has 108 valence electrons. The van der Waals surface area contributed by atoms with Crippen LogP contribution < -0.4 is 5.32 Å². The van der Waals surface area contributed by atoms with Crippen LogP contribution in [0.15, 0.2) is 17.5 Å². The molecule has 1 amide bonds. The summed E-state index contributed by atoms with van der Waals surface area (Å²) in [5.41, 5.74) is 1.62. The summed E-state index contributed by atoms with van der Waals surface area (Å²) in [6.07, 6.45) is 2.32. The Bertz CT molecular complexity index is 722. The number of nitrogens with one attached hydrogen (secondary N) is 1. The maximum atomic E-state index is 12.1. The van der Waals surface area contributed by atoms with Crippen molar-refractivity contribution in [3.05, 3.63) is 40.2 Å². The monoisotopic (exact) mass is 303 g/mol. The molecule has 1 aliphatic rings. The fraction of sp³-hybridized carbons (Fsp3) is 0.286. The van der Waals surface area contributed by atoms with E-state index in [9.17, 15) is 9.59 Å². The lowest BCUT2D eigenvalue weighted by atomic mass is 10.2. The first-order valence-electron chi connectivity index (χ1n) is 6.52. The summed E-state index contributed by atoms with van der Waals surface area (Å²) in [4.78, 5) is 31.4. The maximum absolute atomic E-state index is 12.1. The molecule has 0 atom stereocenters. The molecule has 7 heteroatoms. The number of hydrogen-bond donors (Lipinski definition) is 2. The molecule has 0 radical (unpaired) electrons. The number of hydrogen-bond acceptors (Lipinski definition) is 5. The summed E-state index contributed by atoms with van der Waals surface area (Å²) >= 11 is 1.39. The number of carboxylic acid groups (broad SMARTS) is 1. The topological polar surface area (TPSA) is 92.2 Å². The van der Waals surface area contributed by atoms with Crippen LogP contribution in [0.1, 0.15) is 51.0 Å². The second-order valence-corrected chi connectivity index (χ2v) is 5.80. The molecule has 3 rings (SSSR count). The Morgan fingerprint density at radius 1 is 1.33 bits per heavy atom. The Balaban J connectivity index is 1.75. The van der Waals surface area contributed by atoms with Crippen molar-refractivity contribution in [2.24, 2.45) is 0 Å². The third kappa shape index (κ3) is 2.92. The lowest BCUT2D eigenvalue weighted by Crippen LogP contribution is -2.15. The van der Waals surface area contributed by atoms with Crippen molar-refractivity contribution in [1.29, 1.82) is 0 Å². The van der Waals surface area contributed by atoms with E-state index in [4.69, 9.17) is 5.11 Å². The molecule has 0 bridgehead atoms. The zero-order valence-electron chi connectivity index (χ0n) is 11.3. The molecular weight excluding hydrogens is 290 g/mol. The first-order valence-corrected chi connectivity index (χ1v) is 7.40. The molecule has 2 aromatic rings. The van der Waals surface area contributed by atoms with E-state index in [0.29, 0.717) is 16.7 Å². The van der Waals surface area contributed by atoms with Crippen LogP contribution in [0.25, 0.3) is 0 Å². The minimum atomic E-state index is -1.05.